The van der Waals surface area contributed by atoms with Crippen molar-refractivity contribution >= 4 is 17.7 Å². The lowest BCUT2D eigenvalue weighted by Gasteiger charge is -2.17. The number of para-hydroxylation sites is 1. The molecule has 0 aromatic heterocycles. The highest BCUT2D eigenvalue weighted by Gasteiger charge is 2.27. The number of benzene rings is 1. The van der Waals surface area contributed by atoms with Gasteiger partial charge < -0.3 is 9.88 Å². The molecule has 0 spiro atoms. The standard InChI is InChI=1S/C21H23N5O2S/c1-2-12-22-17(27)14-29-21-23-19-18(16-11-7-4-8-13-25(16)21)20(28)26(24-19)15-9-5-3-6-10-15/h2-3,5-6,9-10H,1,4,7-8,11-14H2,(H,22,27). The molecule has 0 fully saturated rings. The smallest absolute Gasteiger partial charge is 0.284 e. The van der Waals surface area contributed by atoms with Crippen molar-refractivity contribution < 1.29 is 4.79 Å². The molecule has 4 rings (SSSR count). The Hall–Kier alpha value is -2.87. The molecule has 1 N–H and O–H groups in total. The number of carbonyl (C=O) groups excluding carboxylic acids is 1. The second-order valence-corrected chi connectivity index (χ2v) is 7.88. The van der Waals surface area contributed by atoms with Gasteiger partial charge in [0.25, 0.3) is 5.56 Å². The van der Waals surface area contributed by atoms with Gasteiger partial charge >= 0.3 is 0 Å². The Labute approximate surface area is 173 Å². The lowest BCUT2D eigenvalue weighted by molar-refractivity contribution is -0.118. The number of amides is 1. The maximum Gasteiger partial charge on any atom is 0.284 e. The van der Waals surface area contributed by atoms with E-state index in [0.717, 1.165) is 48.8 Å². The van der Waals surface area contributed by atoms with Gasteiger partial charge in [-0.3, -0.25) is 9.59 Å². The highest BCUT2D eigenvalue weighted by Crippen LogP contribution is 2.30. The summed E-state index contributed by atoms with van der Waals surface area (Å²) in [5, 5.41) is 8.03. The number of rotatable bonds is 6. The molecule has 29 heavy (non-hydrogen) atoms. The fourth-order valence-electron chi connectivity index (χ4n) is 3.58. The predicted octanol–water partition coefficient (Wildman–Crippen LogP) is 2.65. The van der Waals surface area contributed by atoms with E-state index in [-0.39, 0.29) is 17.2 Å². The first kappa shape index (κ1) is 19.4. The van der Waals surface area contributed by atoms with Crippen molar-refractivity contribution in [3.05, 3.63) is 59.0 Å². The van der Waals surface area contributed by atoms with Crippen molar-refractivity contribution in [1.82, 2.24) is 24.6 Å². The summed E-state index contributed by atoms with van der Waals surface area (Å²) in [6, 6.07) is 9.39. The fourth-order valence-corrected chi connectivity index (χ4v) is 4.45. The lowest BCUT2D eigenvalue weighted by atomic mass is 10.1. The van der Waals surface area contributed by atoms with Crippen LogP contribution in [0.15, 0.2) is 52.9 Å². The monoisotopic (exact) mass is 409 g/mol. The average molecular weight is 410 g/mol. The molecule has 3 aliphatic rings. The molecule has 3 heterocycles. The van der Waals surface area contributed by atoms with Crippen LogP contribution in [-0.2, 0) is 17.8 Å². The number of nitrogens with one attached hydrogen (secondary N) is 1. The minimum Gasteiger partial charge on any atom is -0.352 e. The molecule has 1 aromatic carbocycles. The van der Waals surface area contributed by atoms with Gasteiger partial charge in [0.2, 0.25) is 5.91 Å². The van der Waals surface area contributed by atoms with Crippen molar-refractivity contribution in [3.63, 3.8) is 0 Å². The molecule has 1 aromatic rings. The van der Waals surface area contributed by atoms with Crippen LogP contribution in [0.1, 0.15) is 25.0 Å². The zero-order valence-corrected chi connectivity index (χ0v) is 17.0. The van der Waals surface area contributed by atoms with Crippen LogP contribution in [0.3, 0.4) is 0 Å². The lowest BCUT2D eigenvalue weighted by Crippen LogP contribution is -2.25. The van der Waals surface area contributed by atoms with Crippen LogP contribution in [0.4, 0.5) is 0 Å². The summed E-state index contributed by atoms with van der Waals surface area (Å²) >= 11 is 1.38. The molecular formula is C21H23N5O2S. The molecule has 8 heteroatoms. The molecule has 0 radical (unpaired) electrons. The Balaban J connectivity index is 1.77. The van der Waals surface area contributed by atoms with Crippen molar-refractivity contribution in [3.8, 4) is 17.1 Å². The van der Waals surface area contributed by atoms with E-state index in [2.05, 4.69) is 26.5 Å². The summed E-state index contributed by atoms with van der Waals surface area (Å²) < 4.78 is 3.54. The topological polar surface area (TPSA) is 81.8 Å². The summed E-state index contributed by atoms with van der Waals surface area (Å²) in [5.41, 5.74) is 2.16. The minimum atomic E-state index is -0.135. The van der Waals surface area contributed by atoms with Gasteiger partial charge in [0, 0.05) is 18.8 Å². The second-order valence-electron chi connectivity index (χ2n) is 6.94. The number of thioether (sulfide) groups is 1. The third kappa shape index (κ3) is 3.98. The van der Waals surface area contributed by atoms with E-state index >= 15 is 0 Å². The molecule has 3 aliphatic heterocycles. The maximum atomic E-state index is 13.2. The van der Waals surface area contributed by atoms with Gasteiger partial charge in [0.1, 0.15) is 5.56 Å². The first-order valence-corrected chi connectivity index (χ1v) is 10.8. The zero-order chi connectivity index (χ0) is 20.2. The van der Waals surface area contributed by atoms with Crippen LogP contribution < -0.4 is 10.9 Å². The van der Waals surface area contributed by atoms with Gasteiger partial charge in [-0.2, -0.15) is 4.68 Å². The summed E-state index contributed by atoms with van der Waals surface area (Å²) in [5.74, 6) is 0.634. The van der Waals surface area contributed by atoms with Gasteiger partial charge in [-0.15, -0.1) is 11.7 Å². The Bertz CT molecular complexity index is 1060. The minimum absolute atomic E-state index is 0.0703. The van der Waals surface area contributed by atoms with E-state index in [1.807, 2.05) is 30.3 Å². The van der Waals surface area contributed by atoms with E-state index in [4.69, 9.17) is 0 Å². The average Bonchev–Trinajstić information content (AvgIpc) is 2.91. The number of aromatic nitrogens is 4. The SMILES string of the molecule is C=CCNC(=O)CSc1nc2nn(-c3ccccc3)c(=O)c-2c2n1CCCCC2. The molecule has 0 aliphatic carbocycles. The van der Waals surface area contributed by atoms with E-state index in [1.165, 1.54) is 16.4 Å². The molecule has 7 nitrogen and oxygen atoms in total. The summed E-state index contributed by atoms with van der Waals surface area (Å²) in [6.07, 6.45) is 5.62. The molecule has 0 atom stereocenters. The van der Waals surface area contributed by atoms with Gasteiger partial charge in [-0.1, -0.05) is 42.5 Å². The Morgan fingerprint density at radius 2 is 2.07 bits per heavy atom. The molecule has 0 bridgehead atoms. The number of nitrogens with zero attached hydrogens (tertiary/aromatic N) is 4. The van der Waals surface area contributed by atoms with Crippen LogP contribution in [0.2, 0.25) is 0 Å². The van der Waals surface area contributed by atoms with E-state index in [0.29, 0.717) is 17.9 Å². The zero-order valence-electron chi connectivity index (χ0n) is 16.1. The Kier molecular flexibility index (Phi) is 5.80. The quantitative estimate of drug-likeness (QED) is 0.385. The Morgan fingerprint density at radius 1 is 1.24 bits per heavy atom. The van der Waals surface area contributed by atoms with Gasteiger partial charge in [0.15, 0.2) is 11.0 Å². The molecular weight excluding hydrogens is 386 g/mol. The highest BCUT2D eigenvalue weighted by atomic mass is 32.2. The third-order valence-electron chi connectivity index (χ3n) is 4.94. The molecule has 150 valence electrons. The van der Waals surface area contributed by atoms with E-state index in [1.54, 1.807) is 6.08 Å². The van der Waals surface area contributed by atoms with Crippen molar-refractivity contribution in [2.24, 2.45) is 0 Å². The van der Waals surface area contributed by atoms with Crippen LogP contribution in [-0.4, -0.2) is 37.5 Å². The fraction of sp³-hybridized carbons (Fsp3) is 0.333. The van der Waals surface area contributed by atoms with Gasteiger partial charge in [-0.05, 0) is 31.4 Å². The first-order chi connectivity index (χ1) is 14.2. The first-order valence-electron chi connectivity index (χ1n) is 9.77. The summed E-state index contributed by atoms with van der Waals surface area (Å²) in [6.45, 7) is 4.85. The van der Waals surface area contributed by atoms with Crippen molar-refractivity contribution in [2.45, 2.75) is 37.4 Å². The predicted molar refractivity (Wildman–Crippen MR) is 114 cm³/mol. The highest BCUT2D eigenvalue weighted by molar-refractivity contribution is 7.99. The van der Waals surface area contributed by atoms with Crippen LogP contribution >= 0.6 is 11.8 Å². The van der Waals surface area contributed by atoms with Crippen molar-refractivity contribution in [1.29, 1.82) is 0 Å². The molecule has 1 amide bonds. The number of carbonyl (C=O) groups is 1. The molecule has 0 saturated heterocycles. The van der Waals surface area contributed by atoms with Gasteiger partial charge in [0.05, 0.1) is 11.4 Å². The summed E-state index contributed by atoms with van der Waals surface area (Å²) in [4.78, 5) is 29.9. The van der Waals surface area contributed by atoms with Gasteiger partial charge in [-0.25, -0.2) is 4.98 Å². The van der Waals surface area contributed by atoms with Crippen LogP contribution in [0.5, 0.6) is 0 Å². The number of hydrogen-bond acceptors (Lipinski definition) is 5. The largest absolute Gasteiger partial charge is 0.352 e. The Morgan fingerprint density at radius 3 is 2.86 bits per heavy atom. The van der Waals surface area contributed by atoms with Crippen LogP contribution in [0.25, 0.3) is 17.1 Å². The second kappa shape index (κ2) is 8.65. The number of hydrogen-bond donors (Lipinski definition) is 1. The van der Waals surface area contributed by atoms with Crippen molar-refractivity contribution in [2.75, 3.05) is 12.3 Å². The maximum absolute atomic E-state index is 13.2. The molecule has 0 saturated carbocycles. The molecule has 0 unspecified atom stereocenters. The van der Waals surface area contributed by atoms with Crippen LogP contribution in [0, 0.1) is 0 Å². The normalized spacial score (nSPS) is 13.7. The summed E-state index contributed by atoms with van der Waals surface area (Å²) in [7, 11) is 0. The van der Waals surface area contributed by atoms with E-state index in [9.17, 15) is 9.59 Å². The number of fused-ring (bicyclic) bond motifs is 3. The third-order valence-corrected chi connectivity index (χ3v) is 5.92. The van der Waals surface area contributed by atoms with E-state index < -0.39 is 0 Å².